The van der Waals surface area contributed by atoms with Gasteiger partial charge < -0.3 is 10.4 Å². The lowest BCUT2D eigenvalue weighted by Crippen LogP contribution is -2.35. The number of hydrogen-bond acceptors (Lipinski definition) is 5. The maximum absolute atomic E-state index is 12.9. The molecule has 1 fully saturated rings. The van der Waals surface area contributed by atoms with E-state index in [1.54, 1.807) is 0 Å². The van der Waals surface area contributed by atoms with Gasteiger partial charge in [-0.1, -0.05) is 24.3 Å². The predicted molar refractivity (Wildman–Crippen MR) is 102 cm³/mol. The fraction of sp³-hybridized carbons (Fsp3) is 0.400. The lowest BCUT2D eigenvalue weighted by atomic mass is 10.0. The molecule has 29 heavy (non-hydrogen) atoms. The van der Waals surface area contributed by atoms with E-state index in [9.17, 15) is 28.4 Å². The van der Waals surface area contributed by atoms with E-state index in [1.165, 1.54) is 0 Å². The second kappa shape index (κ2) is 8.79. The van der Waals surface area contributed by atoms with Crippen LogP contribution in [0.15, 0.2) is 42.5 Å². The van der Waals surface area contributed by atoms with Crippen LogP contribution >= 0.6 is 0 Å². The Morgan fingerprint density at radius 3 is 2.41 bits per heavy atom. The first-order valence-corrected chi connectivity index (χ1v) is 9.31. The molecule has 3 rings (SSSR count). The zero-order valence-electron chi connectivity index (χ0n) is 15.7. The summed E-state index contributed by atoms with van der Waals surface area (Å²) < 4.78 is 38.6. The molecule has 0 unspecified atom stereocenters. The fourth-order valence-electron chi connectivity index (χ4n) is 3.40. The van der Waals surface area contributed by atoms with Crippen molar-refractivity contribution in [3.05, 3.63) is 69.3 Å². The van der Waals surface area contributed by atoms with Gasteiger partial charge in [-0.15, -0.1) is 0 Å². The smallest absolute Gasteiger partial charge is 0.393 e. The Hall–Kier alpha value is -2.65. The average Bonchev–Trinajstić information content (AvgIpc) is 2.68. The number of nitro benzene ring substituents is 1. The fourth-order valence-corrected chi connectivity index (χ4v) is 3.40. The lowest BCUT2D eigenvalue weighted by molar-refractivity contribution is -0.384. The molecule has 1 saturated heterocycles. The molecule has 1 heterocycles. The number of anilines is 1. The lowest BCUT2D eigenvalue weighted by Gasteiger charge is -2.30. The van der Waals surface area contributed by atoms with Crippen LogP contribution in [-0.4, -0.2) is 34.1 Å². The molecule has 6 nitrogen and oxygen atoms in total. The summed E-state index contributed by atoms with van der Waals surface area (Å²) in [6.45, 7) is 2.50. The van der Waals surface area contributed by atoms with Gasteiger partial charge in [0.05, 0.1) is 16.6 Å². The molecule has 2 aromatic rings. The summed E-state index contributed by atoms with van der Waals surface area (Å²) in [5, 5.41) is 23.8. The van der Waals surface area contributed by atoms with Gasteiger partial charge in [0.15, 0.2) is 0 Å². The molecular weight excluding hydrogens is 387 g/mol. The molecule has 0 aliphatic carbocycles. The minimum absolute atomic E-state index is 0.0406. The van der Waals surface area contributed by atoms with Crippen LogP contribution < -0.4 is 5.32 Å². The number of hydrogen-bond donors (Lipinski definition) is 2. The molecule has 2 N–H and O–H groups in total. The predicted octanol–water partition coefficient (Wildman–Crippen LogP) is 4.18. The summed E-state index contributed by atoms with van der Waals surface area (Å²) in [6.07, 6.45) is -3.46. The van der Waals surface area contributed by atoms with Crippen molar-refractivity contribution in [2.45, 2.75) is 38.2 Å². The zero-order chi connectivity index (χ0) is 21.0. The number of aliphatic hydroxyl groups excluding tert-OH is 1. The number of rotatable bonds is 6. The van der Waals surface area contributed by atoms with Gasteiger partial charge >= 0.3 is 6.18 Å². The Morgan fingerprint density at radius 1 is 1.14 bits per heavy atom. The number of nitrogens with zero attached hydrogens (tertiary/aromatic N) is 2. The van der Waals surface area contributed by atoms with Gasteiger partial charge in [0.25, 0.3) is 5.69 Å². The molecule has 9 heteroatoms. The van der Waals surface area contributed by atoms with Crippen molar-refractivity contribution in [2.75, 3.05) is 18.4 Å². The van der Waals surface area contributed by atoms with E-state index in [0.29, 0.717) is 12.6 Å². The van der Waals surface area contributed by atoms with E-state index >= 15 is 0 Å². The van der Waals surface area contributed by atoms with E-state index in [4.69, 9.17) is 0 Å². The van der Waals surface area contributed by atoms with Crippen LogP contribution in [0, 0.1) is 10.1 Å². The molecule has 0 radical (unpaired) electrons. The topological polar surface area (TPSA) is 78.6 Å². The molecule has 1 aliphatic rings. The molecule has 0 spiro atoms. The molecule has 0 amide bonds. The van der Waals surface area contributed by atoms with Crippen molar-refractivity contribution < 1.29 is 23.2 Å². The van der Waals surface area contributed by atoms with Crippen LogP contribution in [0.4, 0.5) is 24.5 Å². The molecular formula is C20H22F3N3O3. The van der Waals surface area contributed by atoms with Gasteiger partial charge in [-0.3, -0.25) is 15.0 Å². The minimum Gasteiger partial charge on any atom is -0.393 e. The first-order chi connectivity index (χ1) is 13.7. The number of nitrogens with one attached hydrogen (secondary N) is 1. The number of halogens is 3. The second-order valence-corrected chi connectivity index (χ2v) is 7.12. The van der Waals surface area contributed by atoms with Crippen molar-refractivity contribution in [2.24, 2.45) is 0 Å². The van der Waals surface area contributed by atoms with E-state index in [2.05, 4.69) is 10.2 Å². The maximum atomic E-state index is 12.9. The third-order valence-electron chi connectivity index (χ3n) is 5.06. The van der Waals surface area contributed by atoms with Crippen LogP contribution in [0.3, 0.4) is 0 Å². The standard InChI is InChI=1S/C20H22F3N3O3/c21-20(22,23)16-5-6-18(19(11-16)26(28)29)24-12-14-3-1-2-4-15(14)13-25-9-7-17(27)8-10-25/h1-6,11,17,24,27H,7-10,12-13H2. The number of nitro groups is 1. The van der Waals surface area contributed by atoms with Crippen LogP contribution in [0.1, 0.15) is 29.5 Å². The van der Waals surface area contributed by atoms with E-state index in [0.717, 1.165) is 49.2 Å². The Balaban J connectivity index is 1.74. The van der Waals surface area contributed by atoms with Crippen molar-refractivity contribution in [3.8, 4) is 0 Å². The third kappa shape index (κ3) is 5.45. The van der Waals surface area contributed by atoms with Gasteiger partial charge in [0, 0.05) is 32.2 Å². The van der Waals surface area contributed by atoms with Gasteiger partial charge in [0.1, 0.15) is 5.69 Å². The highest BCUT2D eigenvalue weighted by molar-refractivity contribution is 5.63. The summed E-state index contributed by atoms with van der Waals surface area (Å²) in [5.74, 6) is 0. The molecule has 156 valence electrons. The molecule has 2 aromatic carbocycles. The van der Waals surface area contributed by atoms with Crippen molar-refractivity contribution in [1.29, 1.82) is 0 Å². The Kier molecular flexibility index (Phi) is 6.39. The average molecular weight is 409 g/mol. The number of piperidine rings is 1. The van der Waals surface area contributed by atoms with Gasteiger partial charge in [-0.25, -0.2) is 0 Å². The first kappa shape index (κ1) is 21.1. The third-order valence-corrected chi connectivity index (χ3v) is 5.06. The zero-order valence-corrected chi connectivity index (χ0v) is 15.7. The van der Waals surface area contributed by atoms with Crippen molar-refractivity contribution in [3.63, 3.8) is 0 Å². The quantitative estimate of drug-likeness (QED) is 0.553. The molecule has 1 aliphatic heterocycles. The van der Waals surface area contributed by atoms with Gasteiger partial charge in [0.2, 0.25) is 0 Å². The summed E-state index contributed by atoms with van der Waals surface area (Å²) in [4.78, 5) is 12.7. The van der Waals surface area contributed by atoms with Gasteiger partial charge in [-0.05, 0) is 36.1 Å². The molecule has 0 saturated carbocycles. The van der Waals surface area contributed by atoms with Crippen LogP contribution in [0.5, 0.6) is 0 Å². The van der Waals surface area contributed by atoms with E-state index in [-0.39, 0.29) is 18.3 Å². The van der Waals surface area contributed by atoms with Crippen molar-refractivity contribution in [1.82, 2.24) is 4.90 Å². The molecule has 0 aromatic heterocycles. The normalized spacial score (nSPS) is 16.0. The number of alkyl halides is 3. The second-order valence-electron chi connectivity index (χ2n) is 7.12. The van der Waals surface area contributed by atoms with Crippen LogP contribution in [0.2, 0.25) is 0 Å². The Morgan fingerprint density at radius 2 is 1.79 bits per heavy atom. The monoisotopic (exact) mass is 409 g/mol. The summed E-state index contributed by atoms with van der Waals surface area (Å²) >= 11 is 0. The SMILES string of the molecule is O=[N+]([O-])c1cc(C(F)(F)F)ccc1NCc1ccccc1CN1CCC(O)CC1. The van der Waals surface area contributed by atoms with Crippen LogP contribution in [0.25, 0.3) is 0 Å². The Labute approximate surface area is 166 Å². The molecule has 0 atom stereocenters. The highest BCUT2D eigenvalue weighted by Gasteiger charge is 2.33. The summed E-state index contributed by atoms with van der Waals surface area (Å²) in [7, 11) is 0. The maximum Gasteiger partial charge on any atom is 0.416 e. The van der Waals surface area contributed by atoms with E-state index < -0.39 is 22.4 Å². The highest BCUT2D eigenvalue weighted by atomic mass is 19.4. The minimum atomic E-state index is -4.64. The Bertz CT molecular complexity index is 866. The molecule has 0 bridgehead atoms. The first-order valence-electron chi connectivity index (χ1n) is 9.31. The highest BCUT2D eigenvalue weighted by Crippen LogP contribution is 2.35. The summed E-state index contributed by atoms with van der Waals surface area (Å²) in [6, 6.07) is 10.1. The van der Waals surface area contributed by atoms with E-state index in [1.807, 2.05) is 24.3 Å². The largest absolute Gasteiger partial charge is 0.416 e. The number of likely N-dealkylation sites (tertiary alicyclic amines) is 1. The van der Waals surface area contributed by atoms with Gasteiger partial charge in [-0.2, -0.15) is 13.2 Å². The summed E-state index contributed by atoms with van der Waals surface area (Å²) in [5.41, 5.74) is 0.322. The van der Waals surface area contributed by atoms with Crippen LogP contribution in [-0.2, 0) is 19.3 Å². The van der Waals surface area contributed by atoms with Crippen molar-refractivity contribution >= 4 is 11.4 Å². The number of benzene rings is 2. The number of aliphatic hydroxyl groups is 1.